The number of thiophene rings is 1. The smallest absolute Gasteiger partial charge is 0.267 e. The van der Waals surface area contributed by atoms with Crippen molar-refractivity contribution in [3.63, 3.8) is 0 Å². The summed E-state index contributed by atoms with van der Waals surface area (Å²) in [6.45, 7) is 9.99. The molecule has 3 aromatic heterocycles. The zero-order valence-corrected chi connectivity index (χ0v) is 21.3. The standard InChI is InChI=1S/C26H24N4O2S2/c1-13-8-7-11-19(15(13)3)30-25(32)21-16(4)17(5)34-24(21)29-26(30)33-12-20-27-22-14(2)9-6-10-18(22)23(31)28-20/h6-11H,12H2,1-5H3,(H,27,28,31). The molecule has 0 radical (unpaired) electrons. The van der Waals surface area contributed by atoms with E-state index in [0.717, 1.165) is 37.6 Å². The van der Waals surface area contributed by atoms with Crippen molar-refractivity contribution < 1.29 is 0 Å². The summed E-state index contributed by atoms with van der Waals surface area (Å²) in [4.78, 5) is 40.7. The lowest BCUT2D eigenvalue weighted by Gasteiger charge is -2.15. The van der Waals surface area contributed by atoms with E-state index >= 15 is 0 Å². The molecule has 0 fully saturated rings. The van der Waals surface area contributed by atoms with Crippen molar-refractivity contribution in [2.45, 2.75) is 45.5 Å². The topological polar surface area (TPSA) is 80.6 Å². The second-order valence-electron chi connectivity index (χ2n) is 8.49. The summed E-state index contributed by atoms with van der Waals surface area (Å²) in [7, 11) is 0. The molecular formula is C26H24N4O2S2. The number of aromatic amines is 1. The van der Waals surface area contributed by atoms with E-state index in [1.807, 2.05) is 65.0 Å². The number of H-pyrrole nitrogens is 1. The summed E-state index contributed by atoms with van der Waals surface area (Å²) in [5.41, 5.74) is 5.35. The molecule has 2 aromatic carbocycles. The first-order valence-electron chi connectivity index (χ1n) is 11.0. The lowest BCUT2D eigenvalue weighted by atomic mass is 10.1. The first kappa shape index (κ1) is 22.6. The van der Waals surface area contributed by atoms with Gasteiger partial charge in [-0.25, -0.2) is 9.97 Å². The van der Waals surface area contributed by atoms with Crippen molar-refractivity contribution in [1.82, 2.24) is 19.5 Å². The molecule has 0 atom stereocenters. The van der Waals surface area contributed by atoms with E-state index in [9.17, 15) is 9.59 Å². The number of rotatable bonds is 4. The zero-order chi connectivity index (χ0) is 24.1. The van der Waals surface area contributed by atoms with Crippen molar-refractivity contribution >= 4 is 44.2 Å². The van der Waals surface area contributed by atoms with Crippen LogP contribution in [0.3, 0.4) is 0 Å². The molecule has 8 heteroatoms. The van der Waals surface area contributed by atoms with Gasteiger partial charge in [-0.1, -0.05) is 36.0 Å². The van der Waals surface area contributed by atoms with Gasteiger partial charge in [-0.15, -0.1) is 11.3 Å². The van der Waals surface area contributed by atoms with Crippen LogP contribution in [0.5, 0.6) is 0 Å². The number of thioether (sulfide) groups is 1. The summed E-state index contributed by atoms with van der Waals surface area (Å²) in [5, 5.41) is 1.82. The molecule has 34 heavy (non-hydrogen) atoms. The van der Waals surface area contributed by atoms with Crippen LogP contribution in [0.4, 0.5) is 0 Å². The number of aryl methyl sites for hydroxylation is 4. The van der Waals surface area contributed by atoms with Gasteiger partial charge in [0.25, 0.3) is 11.1 Å². The predicted molar refractivity (Wildman–Crippen MR) is 141 cm³/mol. The average molecular weight is 489 g/mol. The van der Waals surface area contributed by atoms with Gasteiger partial charge in [-0.3, -0.25) is 14.2 Å². The number of hydrogen-bond donors (Lipinski definition) is 1. The maximum atomic E-state index is 13.8. The maximum absolute atomic E-state index is 13.8. The molecule has 0 bridgehead atoms. The molecule has 1 N–H and O–H groups in total. The number of aromatic nitrogens is 4. The fraction of sp³-hybridized carbons (Fsp3) is 0.231. The number of para-hydroxylation sites is 1. The number of nitrogens with zero attached hydrogens (tertiary/aromatic N) is 3. The van der Waals surface area contributed by atoms with Gasteiger partial charge < -0.3 is 4.98 Å². The Morgan fingerprint density at radius 3 is 2.47 bits per heavy atom. The van der Waals surface area contributed by atoms with E-state index in [2.05, 4.69) is 4.98 Å². The Balaban J connectivity index is 1.67. The Bertz CT molecular complexity index is 1710. The van der Waals surface area contributed by atoms with Crippen molar-refractivity contribution in [1.29, 1.82) is 0 Å². The summed E-state index contributed by atoms with van der Waals surface area (Å²) < 4.78 is 1.71. The van der Waals surface area contributed by atoms with Crippen LogP contribution in [0.25, 0.3) is 26.8 Å². The molecule has 5 aromatic rings. The predicted octanol–water partition coefficient (Wildman–Crippen LogP) is 5.52. The minimum atomic E-state index is -0.163. The molecule has 3 heterocycles. The third-order valence-corrected chi connectivity index (χ3v) is 8.37. The largest absolute Gasteiger partial charge is 0.309 e. The summed E-state index contributed by atoms with van der Waals surface area (Å²) >= 11 is 2.94. The Kier molecular flexibility index (Phi) is 5.65. The van der Waals surface area contributed by atoms with Crippen molar-refractivity contribution in [2.24, 2.45) is 0 Å². The SMILES string of the molecule is Cc1cccc(-n2c(SCc3nc4c(C)cccc4c(=O)[nH]3)nc3sc(C)c(C)c3c2=O)c1C. The van der Waals surface area contributed by atoms with Gasteiger partial charge in [0.05, 0.1) is 27.7 Å². The second-order valence-corrected chi connectivity index (χ2v) is 10.6. The minimum absolute atomic E-state index is 0.0705. The Morgan fingerprint density at radius 2 is 1.68 bits per heavy atom. The van der Waals surface area contributed by atoms with E-state index in [4.69, 9.17) is 9.97 Å². The average Bonchev–Trinajstić information content (AvgIpc) is 3.09. The molecule has 0 aliphatic heterocycles. The second kappa shape index (κ2) is 8.52. The fourth-order valence-electron chi connectivity index (χ4n) is 4.12. The molecule has 6 nitrogen and oxygen atoms in total. The van der Waals surface area contributed by atoms with Crippen LogP contribution in [0, 0.1) is 34.6 Å². The highest BCUT2D eigenvalue weighted by molar-refractivity contribution is 7.98. The Morgan fingerprint density at radius 1 is 0.941 bits per heavy atom. The van der Waals surface area contributed by atoms with Crippen molar-refractivity contribution in [3.8, 4) is 5.69 Å². The lowest BCUT2D eigenvalue weighted by molar-refractivity contribution is 0.814. The Hall–Kier alpha value is -3.23. The third kappa shape index (κ3) is 3.67. The maximum Gasteiger partial charge on any atom is 0.267 e. The monoisotopic (exact) mass is 488 g/mol. The van der Waals surface area contributed by atoms with Gasteiger partial charge in [-0.05, 0) is 69.0 Å². The first-order valence-corrected chi connectivity index (χ1v) is 12.8. The highest BCUT2D eigenvalue weighted by Crippen LogP contribution is 2.31. The van der Waals surface area contributed by atoms with Gasteiger partial charge in [0.2, 0.25) is 0 Å². The molecular weight excluding hydrogens is 464 g/mol. The van der Waals surface area contributed by atoms with Gasteiger partial charge in [0.1, 0.15) is 10.7 Å². The zero-order valence-electron chi connectivity index (χ0n) is 19.6. The summed E-state index contributed by atoms with van der Waals surface area (Å²) in [5.74, 6) is 0.934. The van der Waals surface area contributed by atoms with Crippen molar-refractivity contribution in [3.05, 3.63) is 90.1 Å². The van der Waals surface area contributed by atoms with E-state index in [-0.39, 0.29) is 11.1 Å². The third-order valence-electron chi connectivity index (χ3n) is 6.31. The Labute approximate surface area is 204 Å². The molecule has 0 aliphatic carbocycles. The molecule has 172 valence electrons. The number of hydrogen-bond acceptors (Lipinski definition) is 6. The van der Waals surface area contributed by atoms with Crippen LogP contribution in [-0.4, -0.2) is 19.5 Å². The normalized spacial score (nSPS) is 11.6. The molecule has 0 amide bonds. The minimum Gasteiger partial charge on any atom is -0.309 e. The number of fused-ring (bicyclic) bond motifs is 2. The van der Waals surface area contributed by atoms with Gasteiger partial charge >= 0.3 is 0 Å². The molecule has 0 spiro atoms. The summed E-state index contributed by atoms with van der Waals surface area (Å²) in [6.07, 6.45) is 0. The highest BCUT2D eigenvalue weighted by Gasteiger charge is 2.20. The van der Waals surface area contributed by atoms with E-state index in [1.165, 1.54) is 23.1 Å². The molecule has 0 unspecified atom stereocenters. The number of benzene rings is 2. The van der Waals surface area contributed by atoms with Crippen LogP contribution >= 0.6 is 23.1 Å². The van der Waals surface area contributed by atoms with Crippen LogP contribution in [0.1, 0.15) is 33.0 Å². The van der Waals surface area contributed by atoms with E-state index in [1.54, 1.807) is 10.6 Å². The van der Waals surface area contributed by atoms with Crippen molar-refractivity contribution in [2.75, 3.05) is 0 Å². The van der Waals surface area contributed by atoms with Crippen LogP contribution in [-0.2, 0) is 5.75 Å². The van der Waals surface area contributed by atoms with E-state index in [0.29, 0.717) is 33.0 Å². The highest BCUT2D eigenvalue weighted by atomic mass is 32.2. The van der Waals surface area contributed by atoms with Gasteiger partial charge in [-0.2, -0.15) is 0 Å². The summed E-state index contributed by atoms with van der Waals surface area (Å²) in [6, 6.07) is 11.5. The molecule has 0 aliphatic rings. The van der Waals surface area contributed by atoms with Crippen LogP contribution < -0.4 is 11.1 Å². The molecule has 5 rings (SSSR count). The van der Waals surface area contributed by atoms with Crippen LogP contribution in [0.2, 0.25) is 0 Å². The first-order chi connectivity index (χ1) is 16.3. The molecule has 0 saturated carbocycles. The fourth-order valence-corrected chi connectivity index (χ4v) is 6.06. The number of nitrogens with one attached hydrogen (secondary N) is 1. The van der Waals surface area contributed by atoms with E-state index < -0.39 is 0 Å². The lowest BCUT2D eigenvalue weighted by Crippen LogP contribution is -2.22. The van der Waals surface area contributed by atoms with Gasteiger partial charge in [0.15, 0.2) is 5.16 Å². The quantitative estimate of drug-likeness (QED) is 0.266. The van der Waals surface area contributed by atoms with Crippen LogP contribution in [0.15, 0.2) is 51.1 Å². The molecule has 0 saturated heterocycles. The van der Waals surface area contributed by atoms with Gasteiger partial charge in [0, 0.05) is 4.88 Å².